The second kappa shape index (κ2) is 7.74. The number of methoxy groups -OCH3 is 1. The summed E-state index contributed by atoms with van der Waals surface area (Å²) in [6.07, 6.45) is 1.80. The first kappa shape index (κ1) is 15.4. The van der Waals surface area contributed by atoms with E-state index in [4.69, 9.17) is 0 Å². The van der Waals surface area contributed by atoms with Gasteiger partial charge in [-0.2, -0.15) is 0 Å². The fraction of sp³-hybridized carbons (Fsp3) is 0.286. The molecule has 0 aromatic heterocycles. The second-order valence-corrected chi connectivity index (χ2v) is 4.70. The van der Waals surface area contributed by atoms with E-state index >= 15 is 0 Å². The van der Waals surface area contributed by atoms with Gasteiger partial charge in [0.1, 0.15) is 0 Å². The Labute approximate surface area is 121 Å². The van der Waals surface area contributed by atoms with E-state index in [0.29, 0.717) is 18.7 Å². The fourth-order valence-corrected chi connectivity index (χ4v) is 2.02. The summed E-state index contributed by atoms with van der Waals surface area (Å²) in [6, 6.07) is 7.18. The summed E-state index contributed by atoms with van der Waals surface area (Å²) in [4.78, 5) is 25.1. The Bertz CT molecular complexity index is 474. The Morgan fingerprint density at radius 3 is 2.68 bits per heavy atom. The van der Waals surface area contributed by atoms with Crippen molar-refractivity contribution in [1.82, 2.24) is 4.90 Å². The summed E-state index contributed by atoms with van der Waals surface area (Å²) in [7, 11) is 1.33. The number of ether oxygens (including phenoxy) is 1. The lowest BCUT2D eigenvalue weighted by Gasteiger charge is -2.21. The maximum Gasteiger partial charge on any atom is 0.307 e. The van der Waals surface area contributed by atoms with E-state index in [1.54, 1.807) is 29.2 Å². The number of hydrogen-bond donors (Lipinski definition) is 0. The zero-order chi connectivity index (χ0) is 14.3. The average molecular weight is 326 g/mol. The van der Waals surface area contributed by atoms with Crippen LogP contribution in [0.4, 0.5) is 0 Å². The van der Waals surface area contributed by atoms with Crippen molar-refractivity contribution in [2.24, 2.45) is 0 Å². The summed E-state index contributed by atoms with van der Waals surface area (Å²) in [5.74, 6) is -0.481. The van der Waals surface area contributed by atoms with E-state index in [9.17, 15) is 9.59 Å². The van der Waals surface area contributed by atoms with Crippen LogP contribution in [-0.2, 0) is 9.53 Å². The summed E-state index contributed by atoms with van der Waals surface area (Å²) >= 11 is 3.35. The molecule has 1 aromatic rings. The smallest absolute Gasteiger partial charge is 0.307 e. The van der Waals surface area contributed by atoms with E-state index in [1.807, 2.05) is 6.07 Å². The van der Waals surface area contributed by atoms with Crippen LogP contribution in [0.2, 0.25) is 0 Å². The van der Waals surface area contributed by atoms with Crippen molar-refractivity contribution in [1.29, 1.82) is 0 Å². The molecule has 0 bridgehead atoms. The van der Waals surface area contributed by atoms with Gasteiger partial charge in [0.25, 0.3) is 5.91 Å². The molecule has 0 unspecified atom stereocenters. The Balaban J connectivity index is 2.81. The molecule has 0 atom stereocenters. The molecule has 0 aliphatic heterocycles. The third kappa shape index (κ3) is 4.52. The number of amides is 1. The predicted molar refractivity (Wildman–Crippen MR) is 76.9 cm³/mol. The van der Waals surface area contributed by atoms with E-state index in [2.05, 4.69) is 27.2 Å². The predicted octanol–water partition coefficient (Wildman–Crippen LogP) is 2.64. The van der Waals surface area contributed by atoms with Crippen molar-refractivity contribution in [3.63, 3.8) is 0 Å². The maximum absolute atomic E-state index is 12.4. The van der Waals surface area contributed by atoms with Gasteiger partial charge in [0.05, 0.1) is 19.1 Å². The van der Waals surface area contributed by atoms with Crippen molar-refractivity contribution >= 4 is 27.8 Å². The van der Waals surface area contributed by atoms with Crippen LogP contribution in [0.15, 0.2) is 41.4 Å². The van der Waals surface area contributed by atoms with Gasteiger partial charge in [0, 0.05) is 17.6 Å². The molecule has 0 heterocycles. The Kier molecular flexibility index (Phi) is 6.29. The highest BCUT2D eigenvalue weighted by Crippen LogP contribution is 2.18. The summed E-state index contributed by atoms with van der Waals surface area (Å²) in [5, 5.41) is 0. The Hall–Kier alpha value is -1.62. The molecule has 1 rings (SSSR count). The van der Waals surface area contributed by atoms with Gasteiger partial charge in [0.2, 0.25) is 0 Å². The first-order chi connectivity index (χ1) is 9.10. The number of nitrogens with zero attached hydrogens (tertiary/aromatic N) is 1. The van der Waals surface area contributed by atoms with E-state index < -0.39 is 0 Å². The lowest BCUT2D eigenvalue weighted by molar-refractivity contribution is -0.140. The third-order valence-corrected chi connectivity index (χ3v) is 3.25. The van der Waals surface area contributed by atoms with Gasteiger partial charge in [0.15, 0.2) is 0 Å². The zero-order valence-corrected chi connectivity index (χ0v) is 12.4. The van der Waals surface area contributed by atoms with Crippen molar-refractivity contribution < 1.29 is 14.3 Å². The number of carbonyl (C=O) groups is 2. The number of halogens is 1. The van der Waals surface area contributed by atoms with E-state index in [1.165, 1.54) is 7.11 Å². The quantitative estimate of drug-likeness (QED) is 0.596. The number of benzene rings is 1. The monoisotopic (exact) mass is 325 g/mol. The van der Waals surface area contributed by atoms with E-state index in [0.717, 1.165) is 4.47 Å². The summed E-state index contributed by atoms with van der Waals surface area (Å²) in [6.45, 7) is 4.31. The summed E-state index contributed by atoms with van der Waals surface area (Å²) in [5.41, 5.74) is 0.564. The van der Waals surface area contributed by atoms with E-state index in [-0.39, 0.29) is 18.3 Å². The highest BCUT2D eigenvalue weighted by molar-refractivity contribution is 9.10. The number of hydrogen-bond acceptors (Lipinski definition) is 3. The number of esters is 1. The van der Waals surface area contributed by atoms with Gasteiger partial charge in [-0.1, -0.05) is 18.2 Å². The van der Waals surface area contributed by atoms with Gasteiger partial charge in [-0.3, -0.25) is 9.59 Å². The molecular weight excluding hydrogens is 310 g/mol. The van der Waals surface area contributed by atoms with Crippen molar-refractivity contribution in [2.75, 3.05) is 20.2 Å². The molecule has 5 heteroatoms. The highest BCUT2D eigenvalue weighted by Gasteiger charge is 2.17. The van der Waals surface area contributed by atoms with Gasteiger partial charge >= 0.3 is 5.97 Å². The van der Waals surface area contributed by atoms with Crippen LogP contribution in [0.5, 0.6) is 0 Å². The minimum atomic E-state index is -0.339. The Morgan fingerprint density at radius 2 is 2.11 bits per heavy atom. The van der Waals surface area contributed by atoms with Crippen LogP contribution in [0.25, 0.3) is 0 Å². The van der Waals surface area contributed by atoms with Crippen LogP contribution in [-0.4, -0.2) is 37.0 Å². The standard InChI is InChI=1S/C14H16BrNO3/c1-3-9-16(10-8-13(17)19-2)14(18)11-6-4-5-7-12(11)15/h3-7H,1,8-10H2,2H3. The van der Waals surface area contributed by atoms with Crippen molar-refractivity contribution in [3.8, 4) is 0 Å². The third-order valence-electron chi connectivity index (χ3n) is 2.55. The lowest BCUT2D eigenvalue weighted by atomic mass is 10.2. The fourth-order valence-electron chi connectivity index (χ4n) is 1.56. The molecule has 1 aromatic carbocycles. The van der Waals surface area contributed by atoms with Gasteiger partial charge < -0.3 is 9.64 Å². The highest BCUT2D eigenvalue weighted by atomic mass is 79.9. The largest absolute Gasteiger partial charge is 0.469 e. The molecule has 0 fully saturated rings. The van der Waals surface area contributed by atoms with Crippen LogP contribution >= 0.6 is 15.9 Å². The lowest BCUT2D eigenvalue weighted by Crippen LogP contribution is -2.33. The van der Waals surface area contributed by atoms with Crippen molar-refractivity contribution in [2.45, 2.75) is 6.42 Å². The Morgan fingerprint density at radius 1 is 1.42 bits per heavy atom. The van der Waals surface area contributed by atoms with Gasteiger partial charge in [-0.05, 0) is 28.1 Å². The molecule has 0 radical (unpaired) electrons. The zero-order valence-electron chi connectivity index (χ0n) is 10.8. The van der Waals surface area contributed by atoms with Crippen LogP contribution in [0.3, 0.4) is 0 Å². The molecule has 4 nitrogen and oxygen atoms in total. The normalized spacial score (nSPS) is 9.79. The van der Waals surface area contributed by atoms with Crippen molar-refractivity contribution in [3.05, 3.63) is 47.0 Å². The molecule has 19 heavy (non-hydrogen) atoms. The second-order valence-electron chi connectivity index (χ2n) is 3.85. The molecule has 0 aliphatic rings. The number of rotatable bonds is 6. The molecular formula is C14H16BrNO3. The molecule has 102 valence electrons. The van der Waals surface area contributed by atoms with Crippen LogP contribution in [0, 0.1) is 0 Å². The van der Waals surface area contributed by atoms with Crippen LogP contribution < -0.4 is 0 Å². The average Bonchev–Trinajstić information content (AvgIpc) is 2.42. The van der Waals surface area contributed by atoms with Gasteiger partial charge in [-0.15, -0.1) is 6.58 Å². The molecule has 0 saturated carbocycles. The molecule has 0 saturated heterocycles. The molecule has 1 amide bonds. The summed E-state index contributed by atoms with van der Waals surface area (Å²) < 4.78 is 5.30. The maximum atomic E-state index is 12.4. The molecule has 0 aliphatic carbocycles. The first-order valence-electron chi connectivity index (χ1n) is 5.81. The van der Waals surface area contributed by atoms with Crippen LogP contribution in [0.1, 0.15) is 16.8 Å². The molecule has 0 spiro atoms. The topological polar surface area (TPSA) is 46.6 Å². The minimum absolute atomic E-state index is 0.142. The first-order valence-corrected chi connectivity index (χ1v) is 6.61. The van der Waals surface area contributed by atoms with Gasteiger partial charge in [-0.25, -0.2) is 0 Å². The SMILES string of the molecule is C=CCN(CCC(=O)OC)C(=O)c1ccccc1Br. The molecule has 0 N–H and O–H groups in total. The minimum Gasteiger partial charge on any atom is -0.469 e. The number of carbonyl (C=O) groups excluding carboxylic acids is 2.